The number of carbonyl (C=O) groups excluding carboxylic acids is 1. The summed E-state index contributed by atoms with van der Waals surface area (Å²) in [7, 11) is 7.37. The van der Waals surface area contributed by atoms with E-state index in [0.29, 0.717) is 35.2 Å². The molecule has 0 aliphatic carbocycles. The molecular formula is C31H41N5O4. The number of anilines is 2. The first-order valence-corrected chi connectivity index (χ1v) is 13.2. The summed E-state index contributed by atoms with van der Waals surface area (Å²) >= 11 is 0. The Morgan fingerprint density at radius 1 is 1.12 bits per heavy atom. The number of nitrogens with one attached hydrogen (secondary N) is 2. The van der Waals surface area contributed by atoms with Crippen LogP contribution in [0.1, 0.15) is 44.4 Å². The fraction of sp³-hybridized carbons (Fsp3) is 0.387. The molecule has 9 nitrogen and oxygen atoms in total. The average Bonchev–Trinajstić information content (AvgIpc) is 2.89. The number of likely N-dealkylation sites (N-methyl/N-ethyl adjacent to an activating group) is 1. The number of benzene rings is 2. The zero-order valence-corrected chi connectivity index (χ0v) is 25.0. The van der Waals surface area contributed by atoms with E-state index in [1.165, 1.54) is 0 Å². The molecule has 1 amide bonds. The number of aromatic nitrogens is 2. The number of ether oxygens (including phenoxy) is 3. The van der Waals surface area contributed by atoms with Crippen LogP contribution < -0.4 is 24.8 Å². The molecule has 0 aliphatic rings. The van der Waals surface area contributed by atoms with Crippen LogP contribution in [0.15, 0.2) is 48.2 Å². The molecule has 0 atom stereocenters. The maximum Gasteiger partial charge on any atom is 0.319 e. The van der Waals surface area contributed by atoms with Crippen molar-refractivity contribution in [3.63, 3.8) is 0 Å². The lowest BCUT2D eigenvalue weighted by atomic mass is 9.86. The first-order valence-electron chi connectivity index (χ1n) is 13.2. The first kappa shape index (κ1) is 30.4. The summed E-state index contributed by atoms with van der Waals surface area (Å²) < 4.78 is 17.3. The summed E-state index contributed by atoms with van der Waals surface area (Å²) in [6.07, 6.45) is 3.44. The number of hydrogen-bond donors (Lipinski definition) is 2. The van der Waals surface area contributed by atoms with Gasteiger partial charge < -0.3 is 29.7 Å². The number of methoxy groups -OCH3 is 1. The highest BCUT2D eigenvalue weighted by Gasteiger charge is 2.21. The van der Waals surface area contributed by atoms with E-state index in [1.807, 2.05) is 69.4 Å². The van der Waals surface area contributed by atoms with Gasteiger partial charge in [-0.3, -0.25) is 4.79 Å². The third kappa shape index (κ3) is 7.95. The highest BCUT2D eigenvalue weighted by atomic mass is 16.5. The van der Waals surface area contributed by atoms with Crippen LogP contribution in [0.2, 0.25) is 0 Å². The third-order valence-electron chi connectivity index (χ3n) is 6.32. The molecule has 0 fully saturated rings. The van der Waals surface area contributed by atoms with Crippen LogP contribution in [-0.4, -0.2) is 62.2 Å². The Hall–Kier alpha value is -4.11. The molecule has 214 valence electrons. The lowest BCUT2D eigenvalue weighted by Crippen LogP contribution is -2.20. The van der Waals surface area contributed by atoms with Crippen molar-refractivity contribution in [2.45, 2.75) is 40.0 Å². The molecule has 0 radical (unpaired) electrons. The van der Waals surface area contributed by atoms with Gasteiger partial charge in [0.2, 0.25) is 5.88 Å². The largest absolute Gasteiger partial charge is 0.492 e. The number of hydrogen-bond acceptors (Lipinski definition) is 8. The van der Waals surface area contributed by atoms with E-state index in [4.69, 9.17) is 14.2 Å². The van der Waals surface area contributed by atoms with Gasteiger partial charge in [0.1, 0.15) is 12.4 Å². The Kier molecular flexibility index (Phi) is 10.1. The second-order valence-corrected chi connectivity index (χ2v) is 10.8. The molecule has 0 aliphatic heterocycles. The highest BCUT2D eigenvalue weighted by molar-refractivity contribution is 6.07. The van der Waals surface area contributed by atoms with E-state index < -0.39 is 0 Å². The molecule has 0 spiro atoms. The van der Waals surface area contributed by atoms with Gasteiger partial charge in [0.25, 0.3) is 5.91 Å². The van der Waals surface area contributed by atoms with Crippen molar-refractivity contribution in [2.75, 3.05) is 52.0 Å². The van der Waals surface area contributed by atoms with Crippen LogP contribution in [0.5, 0.6) is 23.4 Å². The zero-order chi connectivity index (χ0) is 29.4. The Bertz CT molecular complexity index is 1360. The molecule has 2 N–H and O–H groups in total. The molecule has 3 rings (SSSR count). The third-order valence-corrected chi connectivity index (χ3v) is 6.32. The second kappa shape index (κ2) is 13.3. The maximum absolute atomic E-state index is 13.3. The van der Waals surface area contributed by atoms with Gasteiger partial charge >= 0.3 is 6.01 Å². The van der Waals surface area contributed by atoms with Gasteiger partial charge in [-0.2, -0.15) is 4.98 Å². The number of carbonyl (C=O) groups is 1. The molecule has 0 saturated heterocycles. The number of rotatable bonds is 11. The summed E-state index contributed by atoms with van der Waals surface area (Å²) in [5, 5.41) is 6.20. The van der Waals surface area contributed by atoms with Crippen molar-refractivity contribution in [1.82, 2.24) is 14.9 Å². The monoisotopic (exact) mass is 547 g/mol. The average molecular weight is 548 g/mol. The van der Waals surface area contributed by atoms with Gasteiger partial charge in [0.05, 0.1) is 18.5 Å². The van der Waals surface area contributed by atoms with Crippen molar-refractivity contribution in [1.29, 1.82) is 0 Å². The van der Waals surface area contributed by atoms with Crippen molar-refractivity contribution in [3.8, 4) is 23.4 Å². The topological polar surface area (TPSA) is 97.8 Å². The van der Waals surface area contributed by atoms with E-state index >= 15 is 0 Å². The van der Waals surface area contributed by atoms with Crippen LogP contribution in [0.3, 0.4) is 0 Å². The molecule has 3 aromatic rings. The van der Waals surface area contributed by atoms with Crippen LogP contribution in [0.25, 0.3) is 6.08 Å². The summed E-state index contributed by atoms with van der Waals surface area (Å²) in [5.74, 6) is 1.35. The van der Waals surface area contributed by atoms with Gasteiger partial charge in [-0.25, -0.2) is 4.98 Å². The minimum absolute atomic E-state index is 0.109. The van der Waals surface area contributed by atoms with Crippen molar-refractivity contribution >= 4 is 23.4 Å². The predicted octanol–water partition coefficient (Wildman–Crippen LogP) is 5.91. The summed E-state index contributed by atoms with van der Waals surface area (Å²) in [6.45, 7) is 11.3. The fourth-order valence-corrected chi connectivity index (χ4v) is 3.86. The van der Waals surface area contributed by atoms with Gasteiger partial charge in [-0.15, -0.1) is 0 Å². The SMILES string of the molecule is CNc1cc(C(C)(C)C)cc(NC(=O)/C(C)=C/c2cccc(Oc3ccnc(OCCN(C)C)n3)c2C)c1OC. The van der Waals surface area contributed by atoms with Gasteiger partial charge in [0.15, 0.2) is 5.75 Å². The van der Waals surface area contributed by atoms with E-state index in [0.717, 1.165) is 28.9 Å². The molecule has 1 heterocycles. The van der Waals surface area contributed by atoms with Crippen LogP contribution in [-0.2, 0) is 10.2 Å². The molecule has 0 unspecified atom stereocenters. The van der Waals surface area contributed by atoms with Crippen molar-refractivity contribution in [3.05, 3.63) is 64.9 Å². The standard InChI is InChI=1S/C31H41N5O4/c1-20(29(37)34-25-19-23(31(3,4)5)18-24(32-6)28(25)38-9)17-22-11-10-12-26(21(22)2)40-27-13-14-33-30(35-27)39-16-15-36(7)8/h10-14,17-19,32H,15-16H2,1-9H3,(H,34,37)/b20-17+. The van der Waals surface area contributed by atoms with Crippen molar-refractivity contribution < 1.29 is 19.0 Å². The second-order valence-electron chi connectivity index (χ2n) is 10.8. The molecule has 2 aromatic carbocycles. The van der Waals surface area contributed by atoms with Crippen molar-refractivity contribution in [2.24, 2.45) is 0 Å². The normalized spacial score (nSPS) is 11.8. The highest BCUT2D eigenvalue weighted by Crippen LogP contribution is 2.38. The smallest absolute Gasteiger partial charge is 0.319 e. The van der Waals surface area contributed by atoms with Crippen LogP contribution >= 0.6 is 0 Å². The number of amides is 1. The van der Waals surface area contributed by atoms with E-state index in [2.05, 4.69) is 41.4 Å². The quantitative estimate of drug-likeness (QED) is 0.286. The van der Waals surface area contributed by atoms with Crippen LogP contribution in [0.4, 0.5) is 11.4 Å². The Labute approximate surface area is 237 Å². The van der Waals surface area contributed by atoms with E-state index in [9.17, 15) is 4.79 Å². The first-order chi connectivity index (χ1) is 18.9. The number of nitrogens with zero attached hydrogens (tertiary/aromatic N) is 3. The summed E-state index contributed by atoms with van der Waals surface area (Å²) in [6, 6.07) is 11.6. The lowest BCUT2D eigenvalue weighted by Gasteiger charge is -2.23. The van der Waals surface area contributed by atoms with Gasteiger partial charge in [0, 0.05) is 31.4 Å². The lowest BCUT2D eigenvalue weighted by molar-refractivity contribution is -0.112. The minimum Gasteiger partial charge on any atom is -0.492 e. The minimum atomic E-state index is -0.229. The Balaban J connectivity index is 1.81. The van der Waals surface area contributed by atoms with Gasteiger partial charge in [-0.1, -0.05) is 32.9 Å². The Morgan fingerprint density at radius 3 is 2.50 bits per heavy atom. The van der Waals surface area contributed by atoms with Gasteiger partial charge in [-0.05, 0) is 74.3 Å². The van der Waals surface area contributed by atoms with E-state index in [1.54, 1.807) is 26.3 Å². The zero-order valence-electron chi connectivity index (χ0n) is 25.0. The summed E-state index contributed by atoms with van der Waals surface area (Å²) in [5.41, 5.74) is 4.64. The molecule has 0 saturated carbocycles. The maximum atomic E-state index is 13.3. The molecule has 40 heavy (non-hydrogen) atoms. The molecule has 9 heteroatoms. The van der Waals surface area contributed by atoms with E-state index in [-0.39, 0.29) is 17.3 Å². The summed E-state index contributed by atoms with van der Waals surface area (Å²) in [4.78, 5) is 23.8. The molecule has 0 bridgehead atoms. The fourth-order valence-electron chi connectivity index (χ4n) is 3.86. The predicted molar refractivity (Wildman–Crippen MR) is 161 cm³/mol. The molecular weight excluding hydrogens is 506 g/mol. The van der Waals surface area contributed by atoms with Crippen LogP contribution in [0, 0.1) is 6.92 Å². The Morgan fingerprint density at radius 2 is 1.85 bits per heavy atom. The molecule has 1 aromatic heterocycles.